The van der Waals surface area contributed by atoms with Crippen LogP contribution in [0.4, 0.5) is 5.69 Å². The molecule has 0 saturated heterocycles. The Morgan fingerprint density at radius 2 is 1.85 bits per heavy atom. The molecule has 1 aromatic carbocycles. The number of benzene rings is 1. The molecule has 0 aliphatic carbocycles. The van der Waals surface area contributed by atoms with Gasteiger partial charge in [0.25, 0.3) is 0 Å². The zero-order valence-electron chi connectivity index (χ0n) is 7.73. The molecule has 0 saturated carbocycles. The van der Waals surface area contributed by atoms with Gasteiger partial charge in [-0.2, -0.15) is 0 Å². The third-order valence-electron chi connectivity index (χ3n) is 1.96. The Bertz CT molecular complexity index is 324. The van der Waals surface area contributed by atoms with Gasteiger partial charge in [0.1, 0.15) is 0 Å². The van der Waals surface area contributed by atoms with Crippen LogP contribution in [0.1, 0.15) is 21.5 Å². The molecule has 0 radical (unpaired) electrons. The van der Waals surface area contributed by atoms with Crippen molar-refractivity contribution >= 4 is 27.4 Å². The topological polar surface area (TPSA) is 43.1 Å². The second-order valence-corrected chi connectivity index (χ2v) is 3.65. The van der Waals surface area contributed by atoms with E-state index in [-0.39, 0.29) is 5.78 Å². The Labute approximate surface area is 86.3 Å². The maximum Gasteiger partial charge on any atom is 0.173 e. The molecule has 0 bridgehead atoms. The van der Waals surface area contributed by atoms with E-state index in [4.69, 9.17) is 5.73 Å². The van der Waals surface area contributed by atoms with Gasteiger partial charge in [-0.05, 0) is 37.1 Å². The largest absolute Gasteiger partial charge is 0.399 e. The molecule has 2 nitrogen and oxygen atoms in total. The van der Waals surface area contributed by atoms with Crippen LogP contribution in [0.3, 0.4) is 0 Å². The summed E-state index contributed by atoms with van der Waals surface area (Å²) in [6.07, 6.45) is 0. The van der Waals surface area contributed by atoms with Gasteiger partial charge in [-0.15, -0.1) is 0 Å². The first-order chi connectivity index (χ1) is 6.06. The highest BCUT2D eigenvalue weighted by Crippen LogP contribution is 2.19. The molecule has 0 fully saturated rings. The number of nitrogens with two attached hydrogens (primary N) is 1. The molecule has 1 rings (SSSR count). The average Bonchev–Trinajstić information content (AvgIpc) is 2.02. The SMILES string of the molecule is Cc1cc(N)cc(C)c1C(=O)CBr. The minimum Gasteiger partial charge on any atom is -0.399 e. The third kappa shape index (κ3) is 2.10. The van der Waals surface area contributed by atoms with Crippen LogP contribution in [0.5, 0.6) is 0 Å². The van der Waals surface area contributed by atoms with Gasteiger partial charge in [-0.3, -0.25) is 4.79 Å². The summed E-state index contributed by atoms with van der Waals surface area (Å²) < 4.78 is 0. The first-order valence-electron chi connectivity index (χ1n) is 4.02. The number of alkyl halides is 1. The minimum atomic E-state index is 0.106. The fourth-order valence-electron chi connectivity index (χ4n) is 1.50. The van der Waals surface area contributed by atoms with Gasteiger partial charge in [-0.1, -0.05) is 15.9 Å². The van der Waals surface area contributed by atoms with E-state index in [1.54, 1.807) is 0 Å². The molecule has 2 N–H and O–H groups in total. The number of rotatable bonds is 2. The van der Waals surface area contributed by atoms with Gasteiger partial charge in [0.15, 0.2) is 5.78 Å². The van der Waals surface area contributed by atoms with Crippen LogP contribution in [0.15, 0.2) is 12.1 Å². The number of Topliss-reactive ketones (excluding diaryl/α,β-unsaturated/α-hetero) is 1. The number of nitrogen functional groups attached to an aromatic ring is 1. The highest BCUT2D eigenvalue weighted by Gasteiger charge is 2.10. The molecule has 13 heavy (non-hydrogen) atoms. The average molecular weight is 242 g/mol. The van der Waals surface area contributed by atoms with Crippen LogP contribution < -0.4 is 5.73 Å². The maximum atomic E-state index is 11.5. The Hall–Kier alpha value is -0.830. The van der Waals surface area contributed by atoms with E-state index in [1.807, 2.05) is 26.0 Å². The van der Waals surface area contributed by atoms with Crippen molar-refractivity contribution in [1.82, 2.24) is 0 Å². The van der Waals surface area contributed by atoms with E-state index >= 15 is 0 Å². The van der Waals surface area contributed by atoms with Gasteiger partial charge in [0.05, 0.1) is 5.33 Å². The lowest BCUT2D eigenvalue weighted by Gasteiger charge is -2.08. The monoisotopic (exact) mass is 241 g/mol. The first-order valence-corrected chi connectivity index (χ1v) is 5.14. The van der Waals surface area contributed by atoms with Crippen LogP contribution in [0.2, 0.25) is 0 Å². The summed E-state index contributed by atoms with van der Waals surface area (Å²) in [6.45, 7) is 3.80. The van der Waals surface area contributed by atoms with Crippen LogP contribution in [-0.2, 0) is 0 Å². The summed E-state index contributed by atoms with van der Waals surface area (Å²) >= 11 is 3.16. The molecular formula is C10H12BrNO. The predicted molar refractivity (Wildman–Crippen MR) is 58.5 cm³/mol. The van der Waals surface area contributed by atoms with E-state index in [0.29, 0.717) is 11.0 Å². The minimum absolute atomic E-state index is 0.106. The second-order valence-electron chi connectivity index (χ2n) is 3.09. The molecule has 3 heteroatoms. The molecule has 0 amide bonds. The number of carbonyl (C=O) groups is 1. The molecule has 0 atom stereocenters. The summed E-state index contributed by atoms with van der Waals surface area (Å²) in [4.78, 5) is 11.5. The Morgan fingerprint density at radius 1 is 1.38 bits per heavy atom. The number of hydrogen-bond acceptors (Lipinski definition) is 2. The maximum absolute atomic E-state index is 11.5. The Balaban J connectivity index is 3.28. The number of carbonyl (C=O) groups excluding carboxylic acids is 1. The number of aryl methyl sites for hydroxylation is 2. The standard InChI is InChI=1S/C10H12BrNO/c1-6-3-8(12)4-7(2)10(6)9(13)5-11/h3-4H,5,12H2,1-2H3. The lowest BCUT2D eigenvalue weighted by Crippen LogP contribution is -2.06. The van der Waals surface area contributed by atoms with Crippen LogP contribution in [0, 0.1) is 13.8 Å². The van der Waals surface area contributed by atoms with Crippen LogP contribution in [0.25, 0.3) is 0 Å². The lowest BCUT2D eigenvalue weighted by atomic mass is 9.99. The summed E-state index contributed by atoms with van der Waals surface area (Å²) in [5.41, 5.74) is 9.03. The lowest BCUT2D eigenvalue weighted by molar-refractivity contribution is 0.102. The number of halogens is 1. The number of ketones is 1. The molecule has 0 aliphatic rings. The van der Waals surface area contributed by atoms with Gasteiger partial charge in [-0.25, -0.2) is 0 Å². The normalized spacial score (nSPS) is 10.1. The smallest absolute Gasteiger partial charge is 0.173 e. The first kappa shape index (κ1) is 10.3. The number of anilines is 1. The Kier molecular flexibility index (Phi) is 3.09. The fourth-order valence-corrected chi connectivity index (χ4v) is 1.78. The van der Waals surface area contributed by atoms with Crippen molar-refractivity contribution in [3.63, 3.8) is 0 Å². The third-order valence-corrected chi connectivity index (χ3v) is 2.46. The van der Waals surface area contributed by atoms with Gasteiger partial charge < -0.3 is 5.73 Å². The van der Waals surface area contributed by atoms with E-state index in [0.717, 1.165) is 16.7 Å². The van der Waals surface area contributed by atoms with Crippen molar-refractivity contribution in [2.75, 3.05) is 11.1 Å². The van der Waals surface area contributed by atoms with E-state index in [2.05, 4.69) is 15.9 Å². The molecule has 1 aromatic rings. The van der Waals surface area contributed by atoms with E-state index in [9.17, 15) is 4.79 Å². The van der Waals surface area contributed by atoms with Gasteiger partial charge >= 0.3 is 0 Å². The summed E-state index contributed by atoms with van der Waals surface area (Å²) in [5.74, 6) is 0.106. The van der Waals surface area contributed by atoms with Crippen molar-refractivity contribution in [3.05, 3.63) is 28.8 Å². The second kappa shape index (κ2) is 3.92. The highest BCUT2D eigenvalue weighted by atomic mass is 79.9. The van der Waals surface area contributed by atoms with Gasteiger partial charge in [0, 0.05) is 11.3 Å². The highest BCUT2D eigenvalue weighted by molar-refractivity contribution is 9.09. The van der Waals surface area contributed by atoms with Crippen molar-refractivity contribution < 1.29 is 4.79 Å². The van der Waals surface area contributed by atoms with Crippen LogP contribution in [-0.4, -0.2) is 11.1 Å². The fraction of sp³-hybridized carbons (Fsp3) is 0.300. The predicted octanol–water partition coefficient (Wildman–Crippen LogP) is 2.46. The quantitative estimate of drug-likeness (QED) is 0.491. The molecular weight excluding hydrogens is 230 g/mol. The molecule has 70 valence electrons. The van der Waals surface area contributed by atoms with Crippen LogP contribution >= 0.6 is 15.9 Å². The molecule has 0 aliphatic heterocycles. The molecule has 0 aromatic heterocycles. The molecule has 0 unspecified atom stereocenters. The zero-order chi connectivity index (χ0) is 10.0. The summed E-state index contributed by atoms with van der Waals surface area (Å²) in [7, 11) is 0. The van der Waals surface area contributed by atoms with Crippen molar-refractivity contribution in [2.24, 2.45) is 0 Å². The van der Waals surface area contributed by atoms with E-state index in [1.165, 1.54) is 0 Å². The zero-order valence-corrected chi connectivity index (χ0v) is 9.31. The summed E-state index contributed by atoms with van der Waals surface area (Å²) in [6, 6.07) is 3.64. The summed E-state index contributed by atoms with van der Waals surface area (Å²) in [5, 5.41) is 0.360. The van der Waals surface area contributed by atoms with Crippen molar-refractivity contribution in [2.45, 2.75) is 13.8 Å². The molecule has 0 heterocycles. The van der Waals surface area contributed by atoms with Crippen molar-refractivity contribution in [3.8, 4) is 0 Å². The van der Waals surface area contributed by atoms with Crippen molar-refractivity contribution in [1.29, 1.82) is 0 Å². The van der Waals surface area contributed by atoms with E-state index < -0.39 is 0 Å². The molecule has 0 spiro atoms. The number of hydrogen-bond donors (Lipinski definition) is 1. The Morgan fingerprint density at radius 3 is 2.23 bits per heavy atom. The van der Waals surface area contributed by atoms with Gasteiger partial charge in [0.2, 0.25) is 0 Å².